The Morgan fingerprint density at radius 1 is 1.22 bits per heavy atom. The van der Waals surface area contributed by atoms with E-state index in [1.807, 2.05) is 0 Å². The first-order valence-corrected chi connectivity index (χ1v) is 9.09. The molecule has 0 saturated carbocycles. The Balaban J connectivity index is 1.84. The van der Waals surface area contributed by atoms with Gasteiger partial charge in [-0.25, -0.2) is 8.78 Å². The van der Waals surface area contributed by atoms with Gasteiger partial charge in [-0.3, -0.25) is 9.59 Å². The summed E-state index contributed by atoms with van der Waals surface area (Å²) in [5, 5.41) is 0.586. The Morgan fingerprint density at radius 3 is 2.63 bits per heavy atom. The lowest BCUT2D eigenvalue weighted by atomic mass is 10.1. The van der Waals surface area contributed by atoms with Crippen LogP contribution in [-0.4, -0.2) is 24.9 Å². The lowest BCUT2D eigenvalue weighted by Crippen LogP contribution is -2.37. The molecule has 0 aliphatic carbocycles. The van der Waals surface area contributed by atoms with Crippen LogP contribution in [0.2, 0.25) is 10.0 Å². The van der Waals surface area contributed by atoms with Crippen molar-refractivity contribution in [2.24, 2.45) is 5.92 Å². The van der Waals surface area contributed by atoms with Crippen LogP contribution in [0.3, 0.4) is 0 Å². The van der Waals surface area contributed by atoms with Crippen LogP contribution in [0.25, 0.3) is 0 Å². The monoisotopic (exact) mass is 412 g/mol. The van der Waals surface area contributed by atoms with Crippen LogP contribution in [0, 0.1) is 17.6 Å². The summed E-state index contributed by atoms with van der Waals surface area (Å²) < 4.78 is 26.6. The van der Waals surface area contributed by atoms with Crippen LogP contribution in [-0.2, 0) is 9.59 Å². The van der Waals surface area contributed by atoms with E-state index < -0.39 is 17.6 Å². The normalized spacial score (nSPS) is 16.7. The molecule has 142 valence electrons. The van der Waals surface area contributed by atoms with Crippen LogP contribution >= 0.6 is 23.2 Å². The molecule has 1 heterocycles. The summed E-state index contributed by atoms with van der Waals surface area (Å²) >= 11 is 12.3. The minimum atomic E-state index is -1.05. The molecule has 1 unspecified atom stereocenters. The third-order valence-electron chi connectivity index (χ3n) is 4.49. The number of rotatable bonds is 4. The second-order valence-electron chi connectivity index (χ2n) is 6.16. The number of carbonyl (C=O) groups excluding carboxylic acids is 2. The molecule has 0 spiro atoms. The third-order valence-corrected chi connectivity index (χ3v) is 5.30. The third kappa shape index (κ3) is 3.77. The molecular weight excluding hydrogens is 397 g/mol. The zero-order valence-corrected chi connectivity index (χ0v) is 15.9. The van der Waals surface area contributed by atoms with Crippen LogP contribution in [0.4, 0.5) is 20.2 Å². The molecule has 27 heavy (non-hydrogen) atoms. The van der Waals surface area contributed by atoms with Gasteiger partial charge in [0.25, 0.3) is 0 Å². The van der Waals surface area contributed by atoms with E-state index in [0.717, 1.165) is 12.1 Å². The smallest absolute Gasteiger partial charge is 0.232 e. The summed E-state index contributed by atoms with van der Waals surface area (Å²) in [6.07, 6.45) is -0.0213. The fraction of sp³-hybridized carbons (Fsp3) is 0.263. The maximum absolute atomic E-state index is 13.5. The van der Waals surface area contributed by atoms with Crippen LogP contribution in [0.15, 0.2) is 36.4 Å². The summed E-state index contributed by atoms with van der Waals surface area (Å²) in [6.45, 7) is 2.21. The summed E-state index contributed by atoms with van der Waals surface area (Å²) in [6, 6.07) is 8.21. The summed E-state index contributed by atoms with van der Waals surface area (Å²) in [5.74, 6) is -3.27. The maximum atomic E-state index is 13.5. The Kier molecular flexibility index (Phi) is 5.67. The number of carbonyl (C=O) groups is 2. The van der Waals surface area contributed by atoms with Crippen molar-refractivity contribution in [2.75, 3.05) is 22.9 Å². The highest BCUT2D eigenvalue weighted by molar-refractivity contribution is 6.44. The number of hydrogen-bond acceptors (Lipinski definition) is 2. The average Bonchev–Trinajstić information content (AvgIpc) is 3.03. The first-order valence-electron chi connectivity index (χ1n) is 8.34. The number of anilines is 2. The number of benzene rings is 2. The molecule has 0 N–H and O–H groups in total. The molecule has 8 heteroatoms. The van der Waals surface area contributed by atoms with Gasteiger partial charge >= 0.3 is 0 Å². The molecule has 3 rings (SSSR count). The van der Waals surface area contributed by atoms with E-state index in [4.69, 9.17) is 23.2 Å². The van der Waals surface area contributed by atoms with Gasteiger partial charge < -0.3 is 9.80 Å². The second-order valence-corrected chi connectivity index (χ2v) is 6.94. The zero-order chi connectivity index (χ0) is 19.7. The van der Waals surface area contributed by atoms with Crippen molar-refractivity contribution in [3.05, 3.63) is 58.1 Å². The number of hydrogen-bond donors (Lipinski definition) is 0. The first-order chi connectivity index (χ1) is 12.8. The van der Waals surface area contributed by atoms with Crippen LogP contribution in [0.1, 0.15) is 13.3 Å². The van der Waals surface area contributed by atoms with E-state index in [0.29, 0.717) is 17.3 Å². The number of nitrogens with zero attached hydrogens (tertiary/aromatic N) is 2. The molecule has 4 nitrogen and oxygen atoms in total. The van der Waals surface area contributed by atoms with E-state index in [1.165, 1.54) is 15.9 Å². The van der Waals surface area contributed by atoms with E-state index in [2.05, 4.69) is 0 Å². The summed E-state index contributed by atoms with van der Waals surface area (Å²) in [5.41, 5.74) is 0.688. The highest BCUT2D eigenvalue weighted by Gasteiger charge is 2.38. The molecule has 2 amide bonds. The molecule has 0 radical (unpaired) electrons. The molecule has 1 fully saturated rings. The van der Waals surface area contributed by atoms with Gasteiger partial charge in [0, 0.05) is 31.3 Å². The lowest BCUT2D eigenvalue weighted by Gasteiger charge is -2.25. The quantitative estimate of drug-likeness (QED) is 0.731. The van der Waals surface area contributed by atoms with Crippen molar-refractivity contribution >= 4 is 46.4 Å². The van der Waals surface area contributed by atoms with Crippen molar-refractivity contribution < 1.29 is 18.4 Å². The predicted molar refractivity (Wildman–Crippen MR) is 101 cm³/mol. The van der Waals surface area contributed by atoms with Gasteiger partial charge in [0.05, 0.1) is 21.7 Å². The maximum Gasteiger partial charge on any atom is 0.232 e. The van der Waals surface area contributed by atoms with Gasteiger partial charge in [0.2, 0.25) is 11.8 Å². The molecule has 0 aromatic heterocycles. The fourth-order valence-electron chi connectivity index (χ4n) is 3.14. The Morgan fingerprint density at radius 2 is 1.96 bits per heavy atom. The van der Waals surface area contributed by atoms with Gasteiger partial charge in [-0.05, 0) is 31.2 Å². The molecule has 1 aliphatic rings. The Labute approximate surface area is 165 Å². The van der Waals surface area contributed by atoms with Crippen molar-refractivity contribution in [3.8, 4) is 0 Å². The molecule has 2 aromatic carbocycles. The van der Waals surface area contributed by atoms with Crippen molar-refractivity contribution in [1.29, 1.82) is 0 Å². The van der Waals surface area contributed by atoms with E-state index in [-0.39, 0.29) is 35.5 Å². The Hall–Kier alpha value is -2.18. The lowest BCUT2D eigenvalue weighted by molar-refractivity contribution is -0.124. The summed E-state index contributed by atoms with van der Waals surface area (Å²) in [4.78, 5) is 28.1. The highest BCUT2D eigenvalue weighted by atomic mass is 35.5. The zero-order valence-electron chi connectivity index (χ0n) is 14.4. The van der Waals surface area contributed by atoms with Crippen LogP contribution in [0.5, 0.6) is 0 Å². The SMILES string of the molecule is CCN(C(=O)C1CC(=O)N(c2ccc(F)c(F)c2)C1)c1cccc(Cl)c1Cl. The summed E-state index contributed by atoms with van der Waals surface area (Å²) in [7, 11) is 0. The van der Waals surface area contributed by atoms with Gasteiger partial charge in [-0.1, -0.05) is 29.3 Å². The minimum Gasteiger partial charge on any atom is -0.311 e. The van der Waals surface area contributed by atoms with Crippen molar-refractivity contribution in [1.82, 2.24) is 0 Å². The van der Waals surface area contributed by atoms with Gasteiger partial charge in [0.15, 0.2) is 11.6 Å². The van der Waals surface area contributed by atoms with Crippen molar-refractivity contribution in [2.45, 2.75) is 13.3 Å². The van der Waals surface area contributed by atoms with Crippen LogP contribution < -0.4 is 9.80 Å². The standard InChI is InChI=1S/C19H16Cl2F2N2O2/c1-2-24(16-5-3-4-13(20)18(16)21)19(27)11-8-17(26)25(10-11)12-6-7-14(22)15(23)9-12/h3-7,9,11H,2,8,10H2,1H3. The number of amides is 2. The van der Waals surface area contributed by atoms with E-state index >= 15 is 0 Å². The molecule has 1 atom stereocenters. The molecule has 0 bridgehead atoms. The van der Waals surface area contributed by atoms with Gasteiger partial charge in [-0.15, -0.1) is 0 Å². The first kappa shape index (κ1) is 19.6. The molecule has 2 aromatic rings. The molecule has 1 saturated heterocycles. The topological polar surface area (TPSA) is 40.6 Å². The molecular formula is C19H16Cl2F2N2O2. The van der Waals surface area contributed by atoms with E-state index in [9.17, 15) is 18.4 Å². The number of halogens is 4. The van der Waals surface area contributed by atoms with E-state index in [1.54, 1.807) is 25.1 Å². The second kappa shape index (κ2) is 7.82. The Bertz CT molecular complexity index is 907. The minimum absolute atomic E-state index is 0.0213. The predicted octanol–water partition coefficient (Wildman–Crippen LogP) is 4.68. The fourth-order valence-corrected chi connectivity index (χ4v) is 3.54. The highest BCUT2D eigenvalue weighted by Crippen LogP contribution is 2.34. The largest absolute Gasteiger partial charge is 0.311 e. The van der Waals surface area contributed by atoms with Gasteiger partial charge in [-0.2, -0.15) is 0 Å². The van der Waals surface area contributed by atoms with Crippen molar-refractivity contribution in [3.63, 3.8) is 0 Å². The van der Waals surface area contributed by atoms with Gasteiger partial charge in [0.1, 0.15) is 0 Å². The average molecular weight is 413 g/mol. The molecule has 1 aliphatic heterocycles.